The second kappa shape index (κ2) is 16.2. The smallest absolute Gasteiger partial charge is 0.123 e. The van der Waals surface area contributed by atoms with Gasteiger partial charge in [0, 0.05) is 26.4 Å². The lowest BCUT2D eigenvalue weighted by Gasteiger charge is -2.55. The van der Waals surface area contributed by atoms with Crippen LogP contribution < -0.4 is 0 Å². The molecule has 1 aromatic carbocycles. The Morgan fingerprint density at radius 3 is 1.68 bits per heavy atom. The van der Waals surface area contributed by atoms with E-state index in [1.54, 1.807) is 6.26 Å². The molecule has 0 amide bonds. The average molecular weight is 601 g/mol. The largest absolute Gasteiger partial charge is 0.507 e. The van der Waals surface area contributed by atoms with Crippen LogP contribution in [0.4, 0.5) is 0 Å². The van der Waals surface area contributed by atoms with Gasteiger partial charge in [-0.15, -0.1) is 0 Å². The summed E-state index contributed by atoms with van der Waals surface area (Å²) in [5.41, 5.74) is 3.31. The standard InChI is InChI=1S/C22H34OS3.C8H16.C2H6.CH4S/c1-19(2,3)16-6-15(11-24)18(23)17(7-16)20(4)8-14-9-21(5,25)13-22(26,10-14)12-20;1-2-4-6-8-7-5-3-1;2*1-2/h6-7,14,23-26H,8-13H2,1-5H3;1-8H2;1-2H3;2H,1H3. The predicted octanol–water partition coefficient (Wildman–Crippen LogP) is 11.0. The van der Waals surface area contributed by atoms with Crippen LogP contribution in [0.25, 0.3) is 0 Å². The first kappa shape index (κ1) is 36.4. The van der Waals surface area contributed by atoms with Crippen LogP contribution in [0.5, 0.6) is 5.75 Å². The van der Waals surface area contributed by atoms with E-state index in [2.05, 4.69) is 72.0 Å². The molecule has 1 nitrogen and oxygen atoms in total. The summed E-state index contributed by atoms with van der Waals surface area (Å²) < 4.78 is 0.0648. The molecule has 2 bridgehead atoms. The molecule has 3 saturated carbocycles. The minimum atomic E-state index is -0.0576. The molecule has 3 fully saturated rings. The Morgan fingerprint density at radius 2 is 1.29 bits per heavy atom. The van der Waals surface area contributed by atoms with Crippen LogP contribution in [0.1, 0.15) is 149 Å². The van der Waals surface area contributed by atoms with Gasteiger partial charge in [-0.1, -0.05) is 112 Å². The molecule has 4 rings (SSSR count). The predicted molar refractivity (Wildman–Crippen MR) is 186 cm³/mol. The van der Waals surface area contributed by atoms with Crippen molar-refractivity contribution in [3.8, 4) is 5.75 Å². The van der Waals surface area contributed by atoms with Gasteiger partial charge in [-0.25, -0.2) is 0 Å². The average Bonchev–Trinajstić information content (AvgIpc) is 2.78. The van der Waals surface area contributed by atoms with Crippen molar-refractivity contribution in [2.75, 3.05) is 6.26 Å². The van der Waals surface area contributed by atoms with Crippen LogP contribution in [-0.4, -0.2) is 20.9 Å². The summed E-state index contributed by atoms with van der Waals surface area (Å²) in [6, 6.07) is 4.38. The van der Waals surface area contributed by atoms with Crippen LogP contribution in [0.15, 0.2) is 12.1 Å². The highest BCUT2D eigenvalue weighted by molar-refractivity contribution is 7.82. The van der Waals surface area contributed by atoms with Crippen molar-refractivity contribution in [2.45, 2.75) is 158 Å². The Morgan fingerprint density at radius 1 is 0.816 bits per heavy atom. The third kappa shape index (κ3) is 10.7. The molecule has 38 heavy (non-hydrogen) atoms. The fraction of sp³-hybridized carbons (Fsp3) is 0.818. The molecule has 1 aromatic rings. The van der Waals surface area contributed by atoms with Crippen LogP contribution in [-0.2, 0) is 16.6 Å². The monoisotopic (exact) mass is 600 g/mol. The SMILES string of the molecule is C1CCCCCCC1.CC.CC1(S)CC2CC(S)(C1)CC(C)(c1cc(C(C)(C)C)cc(CS)c1O)C2.CS. The second-order valence-electron chi connectivity index (χ2n) is 13.4. The first-order valence-corrected chi connectivity index (χ1v) is 17.6. The minimum Gasteiger partial charge on any atom is -0.507 e. The molecule has 4 unspecified atom stereocenters. The molecule has 0 aliphatic heterocycles. The molecule has 3 aliphatic carbocycles. The molecule has 4 atom stereocenters. The highest BCUT2D eigenvalue weighted by Gasteiger charge is 2.52. The Balaban J connectivity index is 0.000000505. The van der Waals surface area contributed by atoms with Crippen molar-refractivity contribution in [1.29, 1.82) is 0 Å². The summed E-state index contributed by atoms with van der Waals surface area (Å²) in [5.74, 6) is 1.61. The van der Waals surface area contributed by atoms with Crippen molar-refractivity contribution in [1.82, 2.24) is 0 Å². The third-order valence-electron chi connectivity index (χ3n) is 8.44. The highest BCUT2D eigenvalue weighted by Crippen LogP contribution is 2.59. The normalized spacial score (nSPS) is 31.1. The Labute approximate surface area is 259 Å². The van der Waals surface area contributed by atoms with Crippen LogP contribution in [0, 0.1) is 5.92 Å². The van der Waals surface area contributed by atoms with E-state index >= 15 is 0 Å². The Bertz CT molecular complexity index is 805. The summed E-state index contributed by atoms with van der Waals surface area (Å²) in [4.78, 5) is 0. The number of phenolic OH excluding ortho intramolecular Hbond substituents is 1. The first-order valence-electron chi connectivity index (χ1n) is 15.1. The van der Waals surface area contributed by atoms with Gasteiger partial charge in [0.15, 0.2) is 0 Å². The van der Waals surface area contributed by atoms with Crippen molar-refractivity contribution >= 4 is 50.5 Å². The molecular weight excluding hydrogens is 541 g/mol. The second-order valence-corrected chi connectivity index (χ2v) is 15.7. The van der Waals surface area contributed by atoms with Crippen molar-refractivity contribution in [2.24, 2.45) is 5.92 Å². The Kier molecular flexibility index (Phi) is 15.5. The van der Waals surface area contributed by atoms with Crippen LogP contribution >= 0.6 is 50.5 Å². The zero-order valence-electron chi connectivity index (χ0n) is 25.9. The molecular formula is C33H60OS4. The maximum Gasteiger partial charge on any atom is 0.123 e. The molecule has 5 heteroatoms. The molecule has 1 N–H and O–H groups in total. The number of hydrogen-bond donors (Lipinski definition) is 5. The Hall–Kier alpha value is 0.420. The number of benzene rings is 1. The summed E-state index contributed by atoms with van der Waals surface area (Å²) in [7, 11) is 0. The molecule has 0 aromatic heterocycles. The van der Waals surface area contributed by atoms with Crippen molar-refractivity contribution < 1.29 is 5.11 Å². The lowest BCUT2D eigenvalue weighted by Crippen LogP contribution is -2.51. The van der Waals surface area contributed by atoms with Gasteiger partial charge < -0.3 is 5.11 Å². The zero-order chi connectivity index (χ0) is 29.2. The van der Waals surface area contributed by atoms with E-state index in [0.29, 0.717) is 17.4 Å². The fourth-order valence-electron chi connectivity index (χ4n) is 7.13. The van der Waals surface area contributed by atoms with Gasteiger partial charge >= 0.3 is 0 Å². The number of phenols is 1. The number of rotatable bonds is 2. The summed E-state index contributed by atoms with van der Waals surface area (Å²) in [6.45, 7) is 15.3. The quantitative estimate of drug-likeness (QED) is 0.214. The van der Waals surface area contributed by atoms with Crippen LogP contribution in [0.2, 0.25) is 0 Å². The third-order valence-corrected chi connectivity index (χ3v) is 9.62. The zero-order valence-corrected chi connectivity index (χ0v) is 29.4. The van der Waals surface area contributed by atoms with Gasteiger partial charge in [0.25, 0.3) is 0 Å². The van der Waals surface area contributed by atoms with Crippen molar-refractivity contribution in [3.63, 3.8) is 0 Å². The lowest BCUT2D eigenvalue weighted by atomic mass is 9.56. The minimum absolute atomic E-state index is 0.00226. The molecule has 0 saturated heterocycles. The van der Waals surface area contributed by atoms with E-state index in [1.165, 1.54) is 63.4 Å². The van der Waals surface area contributed by atoms with Crippen LogP contribution in [0.3, 0.4) is 0 Å². The maximum atomic E-state index is 11.1. The van der Waals surface area contributed by atoms with E-state index in [4.69, 9.17) is 25.3 Å². The first-order chi connectivity index (χ1) is 17.8. The molecule has 0 radical (unpaired) electrons. The van der Waals surface area contributed by atoms with E-state index < -0.39 is 0 Å². The van der Waals surface area contributed by atoms with E-state index in [9.17, 15) is 5.11 Å². The van der Waals surface area contributed by atoms with Gasteiger partial charge in [-0.05, 0) is 60.7 Å². The van der Waals surface area contributed by atoms with E-state index in [-0.39, 0.29) is 20.3 Å². The number of aromatic hydroxyl groups is 1. The highest BCUT2D eigenvalue weighted by atomic mass is 32.1. The topological polar surface area (TPSA) is 20.2 Å². The molecule has 222 valence electrons. The maximum absolute atomic E-state index is 11.1. The lowest BCUT2D eigenvalue weighted by molar-refractivity contribution is 0.123. The fourth-order valence-corrected chi connectivity index (χ4v) is 9.01. The number of thiol groups is 4. The van der Waals surface area contributed by atoms with E-state index in [1.807, 2.05) is 13.8 Å². The molecule has 0 spiro atoms. The molecule has 0 heterocycles. The molecule has 3 aliphatic rings. The van der Waals surface area contributed by atoms with Gasteiger partial charge in [0.2, 0.25) is 0 Å². The van der Waals surface area contributed by atoms with E-state index in [0.717, 1.165) is 36.8 Å². The van der Waals surface area contributed by atoms with Gasteiger partial charge in [-0.3, -0.25) is 0 Å². The number of hydrogen-bond acceptors (Lipinski definition) is 5. The number of fused-ring (bicyclic) bond motifs is 2. The van der Waals surface area contributed by atoms with Crippen molar-refractivity contribution in [3.05, 3.63) is 28.8 Å². The van der Waals surface area contributed by atoms with Gasteiger partial charge in [0.05, 0.1) is 0 Å². The van der Waals surface area contributed by atoms with Gasteiger partial charge in [0.1, 0.15) is 5.75 Å². The summed E-state index contributed by atoms with van der Waals surface area (Å²) in [6.07, 6.45) is 19.1. The summed E-state index contributed by atoms with van der Waals surface area (Å²) >= 11 is 18.1. The summed E-state index contributed by atoms with van der Waals surface area (Å²) in [5, 5.41) is 11.1. The van der Waals surface area contributed by atoms with Gasteiger partial charge in [-0.2, -0.15) is 50.5 Å².